The van der Waals surface area contributed by atoms with Crippen LogP contribution >= 0.6 is 11.3 Å². The second kappa shape index (κ2) is 7.43. The molecular formula is C20H23N5O2S. The fourth-order valence-electron chi connectivity index (χ4n) is 3.54. The zero-order chi connectivity index (χ0) is 19.8. The van der Waals surface area contributed by atoms with Crippen molar-refractivity contribution in [2.75, 3.05) is 5.32 Å². The van der Waals surface area contributed by atoms with Crippen molar-refractivity contribution in [1.82, 2.24) is 19.7 Å². The highest BCUT2D eigenvalue weighted by Gasteiger charge is 2.26. The molecule has 3 heterocycles. The number of hydrogen-bond donors (Lipinski definition) is 1. The number of Topliss-reactive ketones (excluding diaryl/α,β-unsaturated/α-hetero) is 1. The van der Waals surface area contributed by atoms with Crippen molar-refractivity contribution in [3.8, 4) is 10.6 Å². The molecule has 28 heavy (non-hydrogen) atoms. The lowest BCUT2D eigenvalue weighted by atomic mass is 10.1. The second-order valence-corrected chi connectivity index (χ2v) is 8.64. The molecule has 0 unspecified atom stereocenters. The number of anilines is 1. The van der Waals surface area contributed by atoms with Crippen molar-refractivity contribution in [1.29, 1.82) is 0 Å². The van der Waals surface area contributed by atoms with E-state index in [0.717, 1.165) is 46.3 Å². The van der Waals surface area contributed by atoms with Gasteiger partial charge in [-0.15, -0.1) is 11.3 Å². The number of carbonyl (C=O) groups excluding carboxylic acids is 2. The first-order valence-electron chi connectivity index (χ1n) is 9.54. The van der Waals surface area contributed by atoms with Crippen LogP contribution in [0, 0.1) is 5.92 Å². The quantitative estimate of drug-likeness (QED) is 0.497. The van der Waals surface area contributed by atoms with Crippen LogP contribution in [-0.4, -0.2) is 37.9 Å². The summed E-state index contributed by atoms with van der Waals surface area (Å²) in [6.45, 7) is 5.65. The largest absolute Gasteiger partial charge is 0.367 e. The van der Waals surface area contributed by atoms with Crippen molar-refractivity contribution in [2.24, 2.45) is 5.92 Å². The summed E-state index contributed by atoms with van der Waals surface area (Å²) in [4.78, 5) is 33.7. The summed E-state index contributed by atoms with van der Waals surface area (Å²) < 4.78 is 1.92. The third kappa shape index (κ3) is 3.56. The lowest BCUT2D eigenvalue weighted by Crippen LogP contribution is -2.18. The van der Waals surface area contributed by atoms with Gasteiger partial charge in [0.05, 0.1) is 10.3 Å². The smallest absolute Gasteiger partial charge is 0.199 e. The molecule has 0 bridgehead atoms. The maximum Gasteiger partial charge on any atom is 0.199 e. The number of aromatic nitrogens is 4. The molecule has 0 spiro atoms. The monoisotopic (exact) mass is 397 g/mol. The molecule has 8 heteroatoms. The minimum atomic E-state index is -0.166. The summed E-state index contributed by atoms with van der Waals surface area (Å²) in [5, 5.41) is 8.98. The van der Waals surface area contributed by atoms with Crippen molar-refractivity contribution in [3.05, 3.63) is 24.2 Å². The van der Waals surface area contributed by atoms with Gasteiger partial charge in [0, 0.05) is 31.1 Å². The Balaban J connectivity index is 1.73. The number of nitrogens with one attached hydrogen (secondary N) is 1. The number of ketones is 1. The molecule has 0 amide bonds. The summed E-state index contributed by atoms with van der Waals surface area (Å²) in [5.74, 6) is 0.805. The number of fused-ring (bicyclic) bond motifs is 1. The van der Waals surface area contributed by atoms with Gasteiger partial charge >= 0.3 is 0 Å². The van der Waals surface area contributed by atoms with Gasteiger partial charge in [0.2, 0.25) is 0 Å². The molecule has 7 nitrogen and oxygen atoms in total. The van der Waals surface area contributed by atoms with Gasteiger partial charge in [-0.1, -0.05) is 0 Å². The molecule has 1 fully saturated rings. The highest BCUT2D eigenvalue weighted by Crippen LogP contribution is 2.36. The molecule has 4 rings (SSSR count). The zero-order valence-corrected chi connectivity index (χ0v) is 17.0. The molecule has 1 N–H and O–H groups in total. The highest BCUT2D eigenvalue weighted by atomic mass is 32.1. The number of nitrogens with zero attached hydrogens (tertiary/aromatic N) is 4. The van der Waals surface area contributed by atoms with Gasteiger partial charge in [-0.3, -0.25) is 9.48 Å². The maximum absolute atomic E-state index is 11.9. The molecular weight excluding hydrogens is 374 g/mol. The van der Waals surface area contributed by atoms with E-state index in [1.165, 1.54) is 18.3 Å². The third-order valence-corrected chi connectivity index (χ3v) is 6.16. The zero-order valence-electron chi connectivity index (χ0n) is 16.2. The van der Waals surface area contributed by atoms with Gasteiger partial charge in [0.1, 0.15) is 22.6 Å². The molecule has 3 aromatic rings. The van der Waals surface area contributed by atoms with Gasteiger partial charge in [0.25, 0.3) is 0 Å². The lowest BCUT2D eigenvalue weighted by Gasteiger charge is -2.14. The van der Waals surface area contributed by atoms with E-state index in [1.54, 1.807) is 0 Å². The first-order valence-corrected chi connectivity index (χ1v) is 10.4. The molecule has 1 aliphatic carbocycles. The van der Waals surface area contributed by atoms with E-state index in [0.29, 0.717) is 5.82 Å². The van der Waals surface area contributed by atoms with Crippen LogP contribution in [-0.2, 0) is 4.79 Å². The van der Waals surface area contributed by atoms with Gasteiger partial charge in [-0.2, -0.15) is 5.10 Å². The first-order chi connectivity index (χ1) is 13.4. The number of carbonyl (C=O) groups is 2. The Kier molecular flexibility index (Phi) is 4.97. The fourth-order valence-corrected chi connectivity index (χ4v) is 4.53. The predicted molar refractivity (Wildman–Crippen MR) is 110 cm³/mol. The Bertz CT molecular complexity index is 1040. The van der Waals surface area contributed by atoms with E-state index in [1.807, 2.05) is 23.0 Å². The first kappa shape index (κ1) is 18.7. The Hall–Kier alpha value is -2.61. The maximum atomic E-state index is 11.9. The highest BCUT2D eigenvalue weighted by molar-refractivity contribution is 7.21. The summed E-state index contributed by atoms with van der Waals surface area (Å²) in [6, 6.07) is 4.49. The molecule has 0 saturated heterocycles. The molecule has 0 aromatic carbocycles. The Morgan fingerprint density at radius 2 is 2.18 bits per heavy atom. The van der Waals surface area contributed by atoms with Crippen LogP contribution in [0.2, 0.25) is 0 Å². The van der Waals surface area contributed by atoms with Gasteiger partial charge in [-0.25, -0.2) is 9.97 Å². The van der Waals surface area contributed by atoms with E-state index in [9.17, 15) is 9.59 Å². The summed E-state index contributed by atoms with van der Waals surface area (Å²) in [5.41, 5.74) is 0.883. The van der Waals surface area contributed by atoms with E-state index in [4.69, 9.17) is 0 Å². The van der Waals surface area contributed by atoms with Crippen molar-refractivity contribution in [3.63, 3.8) is 0 Å². The number of aldehydes is 1. The summed E-state index contributed by atoms with van der Waals surface area (Å²) in [6.07, 6.45) is 5.59. The average Bonchev–Trinajstić information content (AvgIpc) is 3.39. The second-order valence-electron chi connectivity index (χ2n) is 7.61. The van der Waals surface area contributed by atoms with Crippen LogP contribution < -0.4 is 5.32 Å². The van der Waals surface area contributed by atoms with Crippen LogP contribution in [0.1, 0.15) is 56.7 Å². The molecule has 146 valence electrons. The normalized spacial score (nSPS) is 19.4. The fraction of sp³-hybridized carbons (Fsp3) is 0.450. The summed E-state index contributed by atoms with van der Waals surface area (Å²) >= 11 is 1.51. The van der Waals surface area contributed by atoms with E-state index in [-0.39, 0.29) is 29.6 Å². The van der Waals surface area contributed by atoms with Crippen LogP contribution in [0.4, 0.5) is 5.82 Å². The SMILES string of the molecule is CC(=O)c1nc(N[C@@H]2CC[C@H](C=O)C2)c2cc(-c3ccn(C(C)C)n3)sc2n1. The van der Waals surface area contributed by atoms with Crippen LogP contribution in [0.5, 0.6) is 0 Å². The third-order valence-electron chi connectivity index (χ3n) is 5.10. The van der Waals surface area contributed by atoms with Gasteiger partial charge in [0.15, 0.2) is 11.6 Å². The predicted octanol–water partition coefficient (Wildman–Crippen LogP) is 4.12. The van der Waals surface area contributed by atoms with Gasteiger partial charge in [-0.05, 0) is 45.2 Å². The molecule has 2 atom stereocenters. The Morgan fingerprint density at radius 3 is 2.82 bits per heavy atom. The van der Waals surface area contributed by atoms with Crippen LogP contribution in [0.15, 0.2) is 18.3 Å². The lowest BCUT2D eigenvalue weighted by molar-refractivity contribution is -0.110. The van der Waals surface area contributed by atoms with E-state index < -0.39 is 0 Å². The van der Waals surface area contributed by atoms with Crippen molar-refractivity contribution in [2.45, 2.75) is 52.1 Å². The minimum Gasteiger partial charge on any atom is -0.367 e. The molecule has 0 radical (unpaired) electrons. The average molecular weight is 398 g/mol. The van der Waals surface area contributed by atoms with E-state index in [2.05, 4.69) is 34.2 Å². The topological polar surface area (TPSA) is 89.8 Å². The van der Waals surface area contributed by atoms with Crippen LogP contribution in [0.25, 0.3) is 20.8 Å². The Morgan fingerprint density at radius 1 is 1.36 bits per heavy atom. The van der Waals surface area contributed by atoms with Crippen molar-refractivity contribution < 1.29 is 9.59 Å². The van der Waals surface area contributed by atoms with Crippen LogP contribution in [0.3, 0.4) is 0 Å². The van der Waals surface area contributed by atoms with Gasteiger partial charge < -0.3 is 10.1 Å². The molecule has 3 aromatic heterocycles. The summed E-state index contributed by atoms with van der Waals surface area (Å²) in [7, 11) is 0. The molecule has 1 saturated carbocycles. The van der Waals surface area contributed by atoms with Crippen molar-refractivity contribution >= 4 is 39.4 Å². The Labute approximate surface area is 167 Å². The molecule has 0 aliphatic heterocycles. The standard InChI is InChI=1S/C20H23N5O2S/c1-11(2)25-7-6-16(24-25)17-9-15-19(21-14-5-4-13(8-14)10-26)22-18(12(3)27)23-20(15)28-17/h6-7,9-11,13-14H,4-5,8H2,1-3H3,(H,21,22,23)/t13-,14+/m0/s1. The van der Waals surface area contributed by atoms with E-state index >= 15 is 0 Å². The number of hydrogen-bond acceptors (Lipinski definition) is 7. The number of rotatable bonds is 6. The number of thiophene rings is 1. The minimum absolute atomic E-state index is 0.0974. The molecule has 1 aliphatic rings.